The molecule has 2 aliphatic rings. The van der Waals surface area contributed by atoms with Crippen molar-refractivity contribution in [2.75, 3.05) is 7.05 Å². The maximum absolute atomic E-state index is 13.5. The molecule has 174 valence electrons. The first kappa shape index (κ1) is 23.0. The molecule has 0 radical (unpaired) electrons. The lowest BCUT2D eigenvalue weighted by molar-refractivity contribution is -0.143. The zero-order chi connectivity index (χ0) is 24.0. The second kappa shape index (κ2) is 8.32. The highest BCUT2D eigenvalue weighted by atomic mass is 19.4. The fraction of sp³-hybridized carbons (Fsp3) is 0.400. The molecule has 0 spiro atoms. The largest absolute Gasteiger partial charge is 0.416 e. The number of amides is 3. The molecule has 2 fully saturated rings. The molecule has 8 heteroatoms. The molecule has 2 aromatic carbocycles. The van der Waals surface area contributed by atoms with Gasteiger partial charge < -0.3 is 4.90 Å². The van der Waals surface area contributed by atoms with Crippen LogP contribution < -0.4 is 0 Å². The number of aryl methyl sites for hydroxylation is 1. The van der Waals surface area contributed by atoms with E-state index in [-0.39, 0.29) is 31.0 Å². The van der Waals surface area contributed by atoms with E-state index in [0.717, 1.165) is 28.2 Å². The van der Waals surface area contributed by atoms with E-state index in [0.29, 0.717) is 12.8 Å². The van der Waals surface area contributed by atoms with Crippen LogP contribution in [0.2, 0.25) is 0 Å². The summed E-state index contributed by atoms with van der Waals surface area (Å²) in [6.07, 6.45) is -3.93. The van der Waals surface area contributed by atoms with Gasteiger partial charge in [-0.2, -0.15) is 13.2 Å². The van der Waals surface area contributed by atoms with Crippen molar-refractivity contribution in [2.24, 2.45) is 0 Å². The molecule has 1 saturated heterocycles. The summed E-state index contributed by atoms with van der Waals surface area (Å²) < 4.78 is 40.2. The predicted molar refractivity (Wildman–Crippen MR) is 115 cm³/mol. The average molecular weight is 458 g/mol. The number of halogens is 3. The number of imide groups is 1. The minimum Gasteiger partial charge on any atom is -0.341 e. The Morgan fingerprint density at radius 3 is 2.39 bits per heavy atom. The normalized spacial score (nSPS) is 20.9. The smallest absolute Gasteiger partial charge is 0.341 e. The van der Waals surface area contributed by atoms with Gasteiger partial charge >= 0.3 is 6.18 Å². The zero-order valence-electron chi connectivity index (χ0n) is 18.5. The summed E-state index contributed by atoms with van der Waals surface area (Å²) in [5, 5.41) is 0. The highest BCUT2D eigenvalue weighted by molar-refractivity contribution is 6.11. The second-order valence-electron chi connectivity index (χ2n) is 9.05. The van der Waals surface area contributed by atoms with Crippen LogP contribution in [0.1, 0.15) is 47.9 Å². The second-order valence-corrected chi connectivity index (χ2v) is 9.05. The van der Waals surface area contributed by atoms with Gasteiger partial charge in [0, 0.05) is 32.5 Å². The molecule has 33 heavy (non-hydrogen) atoms. The van der Waals surface area contributed by atoms with Crippen LogP contribution in [0.5, 0.6) is 0 Å². The van der Waals surface area contributed by atoms with Gasteiger partial charge in [-0.25, -0.2) is 0 Å². The summed E-state index contributed by atoms with van der Waals surface area (Å²) >= 11 is 0. The Balaban J connectivity index is 1.67. The van der Waals surface area contributed by atoms with Crippen molar-refractivity contribution in [3.8, 4) is 0 Å². The molecule has 1 saturated carbocycles. The van der Waals surface area contributed by atoms with Crippen molar-refractivity contribution in [3.63, 3.8) is 0 Å². The maximum atomic E-state index is 13.5. The minimum absolute atomic E-state index is 0.0518. The lowest BCUT2D eigenvalue weighted by Crippen LogP contribution is -2.43. The van der Waals surface area contributed by atoms with Crippen molar-refractivity contribution in [1.82, 2.24) is 9.80 Å². The fourth-order valence-corrected chi connectivity index (χ4v) is 4.37. The first-order valence-electron chi connectivity index (χ1n) is 10.8. The van der Waals surface area contributed by atoms with Gasteiger partial charge in [0.05, 0.1) is 11.0 Å². The number of hydrogen-bond acceptors (Lipinski definition) is 3. The Kier molecular flexibility index (Phi) is 5.80. The molecule has 3 amide bonds. The first-order valence-corrected chi connectivity index (χ1v) is 10.8. The van der Waals surface area contributed by atoms with Crippen molar-refractivity contribution in [3.05, 3.63) is 70.8 Å². The Bertz CT molecular complexity index is 1090. The SMILES string of the molecule is Cc1ccc(CN(C)C(=O)CC2(c3cccc(C(F)(F)F)c3)CC(=O)N(C3CC3)C2=O)cc1. The monoisotopic (exact) mass is 458 g/mol. The van der Waals surface area contributed by atoms with Crippen LogP contribution in [0.4, 0.5) is 13.2 Å². The van der Waals surface area contributed by atoms with Crippen molar-refractivity contribution in [1.29, 1.82) is 0 Å². The van der Waals surface area contributed by atoms with E-state index < -0.39 is 34.9 Å². The van der Waals surface area contributed by atoms with E-state index in [9.17, 15) is 27.6 Å². The van der Waals surface area contributed by atoms with Gasteiger partial charge in [-0.05, 0) is 37.0 Å². The number of benzene rings is 2. The van der Waals surface area contributed by atoms with Crippen molar-refractivity contribution >= 4 is 17.7 Å². The zero-order valence-corrected chi connectivity index (χ0v) is 18.5. The fourth-order valence-electron chi connectivity index (χ4n) is 4.37. The number of hydrogen-bond donors (Lipinski definition) is 0. The number of nitrogens with zero attached hydrogens (tertiary/aromatic N) is 2. The molecule has 1 heterocycles. The molecular formula is C25H25F3N2O3. The summed E-state index contributed by atoms with van der Waals surface area (Å²) in [7, 11) is 1.59. The summed E-state index contributed by atoms with van der Waals surface area (Å²) in [6, 6.07) is 11.8. The van der Waals surface area contributed by atoms with Gasteiger partial charge in [-0.3, -0.25) is 19.3 Å². The van der Waals surface area contributed by atoms with E-state index in [2.05, 4.69) is 0 Å². The molecule has 4 rings (SSSR count). The standard InChI is InChI=1S/C25H25F3N2O3/c1-16-6-8-17(9-7-16)15-29(2)21(31)13-24(14-22(32)30(23(24)33)20-10-11-20)18-4-3-5-19(12-18)25(26,27)28/h3-9,12,20H,10-11,13-15H2,1-2H3. The molecule has 0 bridgehead atoms. The molecular weight excluding hydrogens is 433 g/mol. The molecule has 2 aromatic rings. The Morgan fingerprint density at radius 2 is 1.79 bits per heavy atom. The number of carbonyl (C=O) groups is 3. The number of likely N-dealkylation sites (tertiary alicyclic amines) is 1. The van der Waals surface area contributed by atoms with Crippen LogP contribution in [0.25, 0.3) is 0 Å². The van der Waals surface area contributed by atoms with Gasteiger partial charge in [-0.15, -0.1) is 0 Å². The summed E-state index contributed by atoms with van der Waals surface area (Å²) in [6.45, 7) is 2.23. The van der Waals surface area contributed by atoms with Crippen LogP contribution in [-0.4, -0.2) is 40.6 Å². The molecule has 0 N–H and O–H groups in total. The maximum Gasteiger partial charge on any atom is 0.416 e. The van der Waals surface area contributed by atoms with Crippen LogP contribution >= 0.6 is 0 Å². The topological polar surface area (TPSA) is 57.7 Å². The Hall–Kier alpha value is -3.16. The van der Waals surface area contributed by atoms with E-state index in [4.69, 9.17) is 0 Å². The van der Waals surface area contributed by atoms with Crippen molar-refractivity contribution < 1.29 is 27.6 Å². The Labute approximate surface area is 190 Å². The van der Waals surface area contributed by atoms with E-state index >= 15 is 0 Å². The molecule has 1 atom stereocenters. The lowest BCUT2D eigenvalue weighted by atomic mass is 9.75. The van der Waals surface area contributed by atoms with E-state index in [1.54, 1.807) is 7.05 Å². The van der Waals surface area contributed by atoms with Gasteiger partial charge in [0.2, 0.25) is 17.7 Å². The van der Waals surface area contributed by atoms with E-state index in [1.807, 2.05) is 31.2 Å². The van der Waals surface area contributed by atoms with Gasteiger partial charge in [0.25, 0.3) is 0 Å². The first-order chi connectivity index (χ1) is 15.5. The summed E-state index contributed by atoms with van der Waals surface area (Å²) in [5.74, 6) is -1.42. The highest BCUT2D eigenvalue weighted by Gasteiger charge is 2.57. The Morgan fingerprint density at radius 1 is 1.12 bits per heavy atom. The van der Waals surface area contributed by atoms with Gasteiger partial charge in [0.1, 0.15) is 0 Å². The molecule has 5 nitrogen and oxygen atoms in total. The third-order valence-electron chi connectivity index (χ3n) is 6.42. The summed E-state index contributed by atoms with van der Waals surface area (Å²) in [4.78, 5) is 42.1. The molecule has 1 aliphatic heterocycles. The predicted octanol–water partition coefficient (Wildman–Crippen LogP) is 4.22. The average Bonchev–Trinajstić information content (AvgIpc) is 3.55. The van der Waals surface area contributed by atoms with Gasteiger partial charge in [-0.1, -0.05) is 48.0 Å². The van der Waals surface area contributed by atoms with Crippen molar-refractivity contribution in [2.45, 2.75) is 56.8 Å². The van der Waals surface area contributed by atoms with Crippen LogP contribution in [0.15, 0.2) is 48.5 Å². The molecule has 0 aromatic heterocycles. The van der Waals surface area contributed by atoms with E-state index in [1.165, 1.54) is 17.0 Å². The third kappa shape index (κ3) is 4.51. The molecule has 1 aliphatic carbocycles. The molecule has 1 unspecified atom stereocenters. The third-order valence-corrected chi connectivity index (χ3v) is 6.42. The minimum atomic E-state index is -4.61. The van der Waals surface area contributed by atoms with Crippen LogP contribution in [0.3, 0.4) is 0 Å². The van der Waals surface area contributed by atoms with Crippen LogP contribution in [-0.2, 0) is 32.5 Å². The highest BCUT2D eigenvalue weighted by Crippen LogP contribution is 2.45. The lowest BCUT2D eigenvalue weighted by Gasteiger charge is -2.30. The quantitative estimate of drug-likeness (QED) is 0.609. The number of carbonyl (C=O) groups excluding carboxylic acids is 3. The van der Waals surface area contributed by atoms with Crippen LogP contribution in [0, 0.1) is 6.92 Å². The van der Waals surface area contributed by atoms with Gasteiger partial charge in [0.15, 0.2) is 0 Å². The summed E-state index contributed by atoms with van der Waals surface area (Å²) in [5.41, 5.74) is -0.537. The number of alkyl halides is 3. The number of rotatable bonds is 6.